The number of sulfone groups is 1. The zero-order valence-electron chi connectivity index (χ0n) is 18.9. The maximum atomic E-state index is 14.1. The molecule has 34 heavy (non-hydrogen) atoms. The van der Waals surface area contributed by atoms with Gasteiger partial charge in [0.1, 0.15) is 5.82 Å². The average Bonchev–Trinajstić information content (AvgIpc) is 3.06. The van der Waals surface area contributed by atoms with Gasteiger partial charge in [0, 0.05) is 19.3 Å². The topological polar surface area (TPSA) is 75.3 Å². The first kappa shape index (κ1) is 23.4. The Bertz CT molecular complexity index is 1390. The monoisotopic (exact) mass is 476 g/mol. The van der Waals surface area contributed by atoms with Crippen LogP contribution in [0.25, 0.3) is 17.2 Å². The van der Waals surface area contributed by atoms with Crippen LogP contribution in [0.2, 0.25) is 0 Å². The number of fused-ring (bicyclic) bond motifs is 1. The molecule has 0 unspecified atom stereocenters. The number of allylic oxidation sites excluding steroid dienone is 2. The van der Waals surface area contributed by atoms with E-state index in [0.717, 1.165) is 39.0 Å². The van der Waals surface area contributed by atoms with Crippen LogP contribution in [0.5, 0.6) is 0 Å². The molecule has 174 valence electrons. The van der Waals surface area contributed by atoms with Crippen molar-refractivity contribution in [3.05, 3.63) is 106 Å². The quantitative estimate of drug-likeness (QED) is 0.522. The number of nitrogens with one attached hydrogen (secondary N) is 2. The highest BCUT2D eigenvalue weighted by atomic mass is 32.2. The highest BCUT2D eigenvalue weighted by Crippen LogP contribution is 2.42. The zero-order valence-corrected chi connectivity index (χ0v) is 19.7. The number of urea groups is 1. The summed E-state index contributed by atoms with van der Waals surface area (Å²) < 4.78 is 37.6. The number of hydrogen-bond acceptors (Lipinski definition) is 3. The van der Waals surface area contributed by atoms with Crippen LogP contribution in [-0.4, -0.2) is 27.2 Å². The van der Waals surface area contributed by atoms with Gasteiger partial charge in [-0.25, -0.2) is 17.6 Å². The summed E-state index contributed by atoms with van der Waals surface area (Å²) in [5, 5.41) is 5.70. The van der Waals surface area contributed by atoms with E-state index in [-0.39, 0.29) is 23.3 Å². The summed E-state index contributed by atoms with van der Waals surface area (Å²) >= 11 is 0. The van der Waals surface area contributed by atoms with Crippen molar-refractivity contribution in [1.29, 1.82) is 0 Å². The molecule has 0 bridgehead atoms. The molecule has 0 aliphatic heterocycles. The average molecular weight is 477 g/mol. The molecule has 7 heteroatoms. The Kier molecular flexibility index (Phi) is 6.65. The predicted molar refractivity (Wildman–Crippen MR) is 133 cm³/mol. The smallest absolute Gasteiger partial charge is 0.315 e. The molecule has 0 fully saturated rings. The third kappa shape index (κ3) is 5.26. The largest absolute Gasteiger partial charge is 0.334 e. The molecule has 5 nitrogen and oxygen atoms in total. The Balaban J connectivity index is 1.56. The SMILES string of the molecule is CC1=C(CNC(=O)NCc2ccccc2)c2cc(F)ccc2/C1=C\c1ccc(S(C)(=O)=O)cc1. The lowest BCUT2D eigenvalue weighted by atomic mass is 10.0. The van der Waals surface area contributed by atoms with Gasteiger partial charge in [-0.15, -0.1) is 0 Å². The minimum absolute atomic E-state index is 0.243. The zero-order chi connectivity index (χ0) is 24.3. The first-order chi connectivity index (χ1) is 16.2. The van der Waals surface area contributed by atoms with Crippen LogP contribution in [0.15, 0.2) is 83.3 Å². The fourth-order valence-corrected chi connectivity index (χ4v) is 4.60. The van der Waals surface area contributed by atoms with E-state index >= 15 is 0 Å². The van der Waals surface area contributed by atoms with Crippen molar-refractivity contribution < 1.29 is 17.6 Å². The summed E-state index contributed by atoms with van der Waals surface area (Å²) in [6, 6.07) is 20.5. The second-order valence-electron chi connectivity index (χ2n) is 8.21. The summed E-state index contributed by atoms with van der Waals surface area (Å²) in [7, 11) is -3.28. The van der Waals surface area contributed by atoms with Crippen LogP contribution in [-0.2, 0) is 16.4 Å². The normalized spacial score (nSPS) is 14.3. The molecular formula is C27H25FN2O3S. The molecule has 1 aliphatic rings. The maximum Gasteiger partial charge on any atom is 0.315 e. The third-order valence-corrected chi connectivity index (χ3v) is 6.92. The van der Waals surface area contributed by atoms with Gasteiger partial charge in [0.05, 0.1) is 4.90 Å². The van der Waals surface area contributed by atoms with Gasteiger partial charge in [-0.1, -0.05) is 48.5 Å². The van der Waals surface area contributed by atoms with E-state index in [2.05, 4.69) is 10.6 Å². The second-order valence-corrected chi connectivity index (χ2v) is 10.2. The Morgan fingerprint density at radius 2 is 1.59 bits per heavy atom. The number of amides is 2. The Labute approximate surface area is 198 Å². The first-order valence-electron chi connectivity index (χ1n) is 10.8. The number of hydrogen-bond donors (Lipinski definition) is 2. The molecule has 0 heterocycles. The number of halogens is 1. The van der Waals surface area contributed by atoms with Gasteiger partial charge in [-0.3, -0.25) is 0 Å². The van der Waals surface area contributed by atoms with Crippen molar-refractivity contribution in [1.82, 2.24) is 10.6 Å². The van der Waals surface area contributed by atoms with Crippen molar-refractivity contribution in [2.75, 3.05) is 12.8 Å². The van der Waals surface area contributed by atoms with Crippen LogP contribution in [0.3, 0.4) is 0 Å². The molecule has 3 aromatic carbocycles. The summed E-state index contributed by atoms with van der Waals surface area (Å²) in [6.07, 6.45) is 3.12. The van der Waals surface area contributed by atoms with Crippen molar-refractivity contribution in [2.24, 2.45) is 0 Å². The molecule has 2 N–H and O–H groups in total. The molecule has 2 amide bonds. The minimum atomic E-state index is -3.28. The van der Waals surface area contributed by atoms with Crippen molar-refractivity contribution in [2.45, 2.75) is 18.4 Å². The van der Waals surface area contributed by atoms with Gasteiger partial charge in [0.25, 0.3) is 0 Å². The van der Waals surface area contributed by atoms with E-state index in [1.165, 1.54) is 18.4 Å². The van der Waals surface area contributed by atoms with Crippen LogP contribution in [0.1, 0.15) is 29.2 Å². The van der Waals surface area contributed by atoms with Gasteiger partial charge in [0.15, 0.2) is 9.84 Å². The highest BCUT2D eigenvalue weighted by Gasteiger charge is 2.24. The molecule has 0 aromatic heterocycles. The van der Waals surface area contributed by atoms with Gasteiger partial charge in [-0.05, 0) is 76.2 Å². The predicted octanol–water partition coefficient (Wildman–Crippen LogP) is 5.06. The van der Waals surface area contributed by atoms with Gasteiger partial charge < -0.3 is 10.6 Å². The number of carbonyl (C=O) groups is 1. The van der Waals surface area contributed by atoms with Gasteiger partial charge in [-0.2, -0.15) is 0 Å². The van der Waals surface area contributed by atoms with Crippen LogP contribution >= 0.6 is 0 Å². The lowest BCUT2D eigenvalue weighted by Gasteiger charge is -2.10. The third-order valence-electron chi connectivity index (χ3n) is 5.79. The van der Waals surface area contributed by atoms with E-state index in [0.29, 0.717) is 6.54 Å². The maximum absolute atomic E-state index is 14.1. The standard InChI is InChI=1S/C27H25FN2O3S/c1-18-24(14-19-8-11-22(12-9-19)34(2,32)33)23-13-10-21(28)15-25(23)26(18)17-30-27(31)29-16-20-6-4-3-5-7-20/h3-15H,16-17H2,1-2H3,(H2,29,30,31)/b24-14-. The molecule has 4 rings (SSSR count). The molecule has 0 saturated heterocycles. The van der Waals surface area contributed by atoms with E-state index in [1.54, 1.807) is 30.3 Å². The minimum Gasteiger partial charge on any atom is -0.334 e. The lowest BCUT2D eigenvalue weighted by molar-refractivity contribution is 0.241. The first-order valence-corrected chi connectivity index (χ1v) is 12.7. The molecule has 3 aromatic rings. The molecule has 0 radical (unpaired) electrons. The molecule has 0 atom stereocenters. The van der Waals surface area contributed by atoms with E-state index in [1.807, 2.05) is 43.3 Å². The van der Waals surface area contributed by atoms with Crippen LogP contribution in [0.4, 0.5) is 9.18 Å². The van der Waals surface area contributed by atoms with Gasteiger partial charge >= 0.3 is 6.03 Å². The summed E-state index contributed by atoms with van der Waals surface area (Å²) in [5.41, 5.74) is 6.09. The fraction of sp³-hybridized carbons (Fsp3) is 0.148. The van der Waals surface area contributed by atoms with E-state index in [4.69, 9.17) is 0 Å². The van der Waals surface area contributed by atoms with E-state index < -0.39 is 9.84 Å². The Hall–Kier alpha value is -3.71. The molecule has 1 aliphatic carbocycles. The number of rotatable bonds is 6. The van der Waals surface area contributed by atoms with Crippen molar-refractivity contribution in [3.8, 4) is 0 Å². The lowest BCUT2D eigenvalue weighted by Crippen LogP contribution is -2.35. The van der Waals surface area contributed by atoms with E-state index in [9.17, 15) is 17.6 Å². The Morgan fingerprint density at radius 3 is 2.26 bits per heavy atom. The number of carbonyl (C=O) groups excluding carboxylic acids is 1. The summed E-state index contributed by atoms with van der Waals surface area (Å²) in [4.78, 5) is 12.6. The molecule has 0 spiro atoms. The fourth-order valence-electron chi connectivity index (χ4n) is 3.97. The van der Waals surface area contributed by atoms with Crippen LogP contribution < -0.4 is 10.6 Å². The van der Waals surface area contributed by atoms with Crippen molar-refractivity contribution in [3.63, 3.8) is 0 Å². The second kappa shape index (κ2) is 9.65. The molecule has 0 saturated carbocycles. The van der Waals surface area contributed by atoms with Crippen molar-refractivity contribution >= 4 is 33.1 Å². The van der Waals surface area contributed by atoms with Crippen LogP contribution in [0, 0.1) is 5.82 Å². The van der Waals surface area contributed by atoms with Gasteiger partial charge in [0.2, 0.25) is 0 Å². The Morgan fingerprint density at radius 1 is 0.912 bits per heavy atom. The summed E-state index contributed by atoms with van der Waals surface area (Å²) in [6.45, 7) is 2.59. The highest BCUT2D eigenvalue weighted by molar-refractivity contribution is 7.90. The number of benzene rings is 3. The molecular weight excluding hydrogens is 451 g/mol. The summed E-state index contributed by atoms with van der Waals surface area (Å²) in [5.74, 6) is -0.351.